The predicted octanol–water partition coefficient (Wildman–Crippen LogP) is 3.85. The molecule has 1 atom stereocenters. The van der Waals surface area contributed by atoms with Crippen LogP contribution in [0.15, 0.2) is 12.1 Å². The zero-order valence-corrected chi connectivity index (χ0v) is 13.2. The van der Waals surface area contributed by atoms with Crippen LogP contribution in [0, 0.1) is 11.8 Å². The highest BCUT2D eigenvalue weighted by Crippen LogP contribution is 2.29. The summed E-state index contributed by atoms with van der Waals surface area (Å²) in [4.78, 5) is 13.8. The van der Waals surface area contributed by atoms with E-state index in [0.29, 0.717) is 12.0 Å². The molecule has 1 aliphatic carbocycles. The van der Waals surface area contributed by atoms with Gasteiger partial charge in [-0.25, -0.2) is 0 Å². The van der Waals surface area contributed by atoms with Gasteiger partial charge in [-0.1, -0.05) is 6.92 Å². The van der Waals surface area contributed by atoms with Gasteiger partial charge in [-0.15, -0.1) is 11.3 Å². The monoisotopic (exact) mass is 295 g/mol. The summed E-state index contributed by atoms with van der Waals surface area (Å²) in [6.45, 7) is 5.41. The van der Waals surface area contributed by atoms with Crippen molar-refractivity contribution >= 4 is 17.3 Å². The number of thiophene rings is 1. The molecule has 1 saturated carbocycles. The average molecular weight is 295 g/mol. The highest BCUT2D eigenvalue weighted by molar-refractivity contribution is 7.12. The second kappa shape index (κ2) is 7.23. The maximum Gasteiger partial charge on any atom is 0.306 e. The fraction of sp³-hybridized carbons (Fsp3) is 0.688. The molecular weight excluding hydrogens is 270 g/mol. The fourth-order valence-corrected chi connectivity index (χ4v) is 3.85. The quantitative estimate of drug-likeness (QED) is 0.838. The molecule has 20 heavy (non-hydrogen) atoms. The molecule has 4 heteroatoms. The Balaban J connectivity index is 1.74. The summed E-state index contributed by atoms with van der Waals surface area (Å²) in [5.74, 6) is -0.0813. The molecule has 0 radical (unpaired) electrons. The van der Waals surface area contributed by atoms with Crippen LogP contribution in [0.2, 0.25) is 0 Å². The molecule has 2 rings (SSSR count). The Bertz CT molecular complexity index is 435. The number of rotatable bonds is 6. The molecule has 1 aromatic rings. The molecular formula is C16H25NO2S. The van der Waals surface area contributed by atoms with Crippen LogP contribution in [-0.2, 0) is 11.2 Å². The summed E-state index contributed by atoms with van der Waals surface area (Å²) in [6.07, 6.45) is 4.88. The topological polar surface area (TPSA) is 49.3 Å². The third-order valence-electron chi connectivity index (χ3n) is 4.37. The van der Waals surface area contributed by atoms with Crippen molar-refractivity contribution in [3.8, 4) is 0 Å². The van der Waals surface area contributed by atoms with E-state index in [1.165, 1.54) is 9.75 Å². The average Bonchev–Trinajstić information content (AvgIpc) is 2.94. The minimum atomic E-state index is -0.615. The van der Waals surface area contributed by atoms with E-state index >= 15 is 0 Å². The molecule has 2 N–H and O–H groups in total. The molecule has 0 saturated heterocycles. The zero-order valence-electron chi connectivity index (χ0n) is 12.4. The normalized spacial score (nSPS) is 24.5. The van der Waals surface area contributed by atoms with Crippen molar-refractivity contribution in [3.63, 3.8) is 0 Å². The Morgan fingerprint density at radius 1 is 1.40 bits per heavy atom. The van der Waals surface area contributed by atoms with E-state index in [0.717, 1.165) is 38.6 Å². The van der Waals surface area contributed by atoms with E-state index in [1.807, 2.05) is 11.3 Å². The zero-order chi connectivity index (χ0) is 14.5. The first-order valence-electron chi connectivity index (χ1n) is 7.65. The third-order valence-corrected chi connectivity index (χ3v) is 5.78. The molecule has 0 bridgehead atoms. The molecule has 1 fully saturated rings. The summed E-state index contributed by atoms with van der Waals surface area (Å²) in [7, 11) is 0. The standard InChI is InChI=1S/C16H25NO2S/c1-3-14-8-9-15(20-14)11(2)17-10-12-4-6-13(7-5-12)16(18)19/h8-9,11-13,17H,3-7,10H2,1-2H3,(H,18,19). The van der Waals surface area contributed by atoms with Gasteiger partial charge in [0.25, 0.3) is 0 Å². The molecule has 0 amide bonds. The minimum Gasteiger partial charge on any atom is -0.481 e. The van der Waals surface area contributed by atoms with Crippen LogP contribution in [0.4, 0.5) is 0 Å². The maximum atomic E-state index is 10.9. The fourth-order valence-electron chi connectivity index (χ4n) is 2.87. The van der Waals surface area contributed by atoms with Crippen molar-refractivity contribution in [2.75, 3.05) is 6.54 Å². The maximum absolute atomic E-state index is 10.9. The predicted molar refractivity (Wildman–Crippen MR) is 83.2 cm³/mol. The van der Waals surface area contributed by atoms with Crippen molar-refractivity contribution < 1.29 is 9.90 Å². The first-order valence-corrected chi connectivity index (χ1v) is 8.46. The Morgan fingerprint density at radius 3 is 2.65 bits per heavy atom. The van der Waals surface area contributed by atoms with Gasteiger partial charge in [-0.05, 0) is 63.6 Å². The lowest BCUT2D eigenvalue weighted by atomic mass is 9.82. The molecule has 0 spiro atoms. The van der Waals surface area contributed by atoms with Gasteiger partial charge in [0.1, 0.15) is 0 Å². The third kappa shape index (κ3) is 4.06. The first kappa shape index (κ1) is 15.5. The minimum absolute atomic E-state index is 0.104. The lowest BCUT2D eigenvalue weighted by Crippen LogP contribution is -2.30. The van der Waals surface area contributed by atoms with Crippen molar-refractivity contribution in [2.24, 2.45) is 11.8 Å². The molecule has 3 nitrogen and oxygen atoms in total. The number of carboxylic acid groups (broad SMARTS) is 1. The smallest absolute Gasteiger partial charge is 0.306 e. The summed E-state index contributed by atoms with van der Waals surface area (Å²) >= 11 is 1.89. The van der Waals surface area contributed by atoms with E-state index in [4.69, 9.17) is 5.11 Å². The summed E-state index contributed by atoms with van der Waals surface area (Å²) in [5, 5.41) is 12.6. The van der Waals surface area contributed by atoms with Gasteiger partial charge in [0.05, 0.1) is 5.92 Å². The molecule has 1 aromatic heterocycles. The number of aliphatic carboxylic acids is 1. The van der Waals surface area contributed by atoms with Gasteiger partial charge in [0.15, 0.2) is 0 Å². The van der Waals surface area contributed by atoms with Crippen LogP contribution in [0.3, 0.4) is 0 Å². The van der Waals surface area contributed by atoms with E-state index in [9.17, 15) is 4.79 Å². The van der Waals surface area contributed by atoms with Crippen molar-refractivity contribution in [1.82, 2.24) is 5.32 Å². The highest BCUT2D eigenvalue weighted by Gasteiger charge is 2.25. The Morgan fingerprint density at radius 2 is 2.10 bits per heavy atom. The number of carboxylic acids is 1. The van der Waals surface area contributed by atoms with Gasteiger partial charge >= 0.3 is 5.97 Å². The highest BCUT2D eigenvalue weighted by atomic mass is 32.1. The Kier molecular flexibility index (Phi) is 5.61. The van der Waals surface area contributed by atoms with Gasteiger partial charge in [-0.3, -0.25) is 4.79 Å². The van der Waals surface area contributed by atoms with Crippen LogP contribution in [0.1, 0.15) is 55.3 Å². The van der Waals surface area contributed by atoms with Crippen LogP contribution in [0.25, 0.3) is 0 Å². The van der Waals surface area contributed by atoms with Gasteiger partial charge in [0, 0.05) is 15.8 Å². The molecule has 112 valence electrons. The first-order chi connectivity index (χ1) is 9.60. The molecule has 1 aliphatic rings. The summed E-state index contributed by atoms with van der Waals surface area (Å²) in [5.41, 5.74) is 0. The van der Waals surface area contributed by atoms with Crippen molar-refractivity contribution in [3.05, 3.63) is 21.9 Å². The number of hydrogen-bond donors (Lipinski definition) is 2. The largest absolute Gasteiger partial charge is 0.481 e. The second-order valence-electron chi connectivity index (χ2n) is 5.84. The summed E-state index contributed by atoms with van der Waals surface area (Å²) < 4.78 is 0. The number of aryl methyl sites for hydroxylation is 1. The van der Waals surface area contributed by atoms with Crippen LogP contribution in [-0.4, -0.2) is 17.6 Å². The van der Waals surface area contributed by atoms with E-state index in [1.54, 1.807) is 0 Å². The lowest BCUT2D eigenvalue weighted by molar-refractivity contribution is -0.143. The van der Waals surface area contributed by atoms with Gasteiger partial charge in [-0.2, -0.15) is 0 Å². The molecule has 1 unspecified atom stereocenters. The number of hydrogen-bond acceptors (Lipinski definition) is 3. The lowest BCUT2D eigenvalue weighted by Gasteiger charge is -2.27. The Labute approximate surface area is 125 Å². The Hall–Kier alpha value is -0.870. The molecule has 1 heterocycles. The van der Waals surface area contributed by atoms with E-state index in [-0.39, 0.29) is 5.92 Å². The van der Waals surface area contributed by atoms with Crippen LogP contribution in [0.5, 0.6) is 0 Å². The van der Waals surface area contributed by atoms with E-state index in [2.05, 4.69) is 31.3 Å². The van der Waals surface area contributed by atoms with Crippen LogP contribution < -0.4 is 5.32 Å². The van der Waals surface area contributed by atoms with Gasteiger partial charge < -0.3 is 10.4 Å². The van der Waals surface area contributed by atoms with Crippen molar-refractivity contribution in [2.45, 2.75) is 52.0 Å². The SMILES string of the molecule is CCc1ccc(C(C)NCC2CCC(C(=O)O)CC2)s1. The van der Waals surface area contributed by atoms with Gasteiger partial charge in [0.2, 0.25) is 0 Å². The van der Waals surface area contributed by atoms with Crippen molar-refractivity contribution in [1.29, 1.82) is 0 Å². The number of nitrogens with one attached hydrogen (secondary N) is 1. The second-order valence-corrected chi connectivity index (χ2v) is 7.04. The number of carbonyl (C=O) groups is 1. The van der Waals surface area contributed by atoms with E-state index < -0.39 is 5.97 Å². The van der Waals surface area contributed by atoms with Crippen LogP contribution >= 0.6 is 11.3 Å². The summed E-state index contributed by atoms with van der Waals surface area (Å²) in [6, 6.07) is 4.84. The molecule has 0 aromatic carbocycles. The molecule has 0 aliphatic heterocycles.